The van der Waals surface area contributed by atoms with Crippen molar-refractivity contribution in [2.45, 2.75) is 39.0 Å². The lowest BCUT2D eigenvalue weighted by Gasteiger charge is -2.31. The molecule has 0 bridgehead atoms. The van der Waals surface area contributed by atoms with Crippen molar-refractivity contribution in [2.24, 2.45) is 0 Å². The molecular weight excluding hydrogens is 377 g/mol. The molecule has 0 fully saturated rings. The van der Waals surface area contributed by atoms with Gasteiger partial charge in [-0.1, -0.05) is 37.0 Å². The maximum absolute atomic E-state index is 6.29. The normalized spacial score (nSPS) is 12.2. The Bertz CT molecular complexity index is 841. The van der Waals surface area contributed by atoms with Gasteiger partial charge < -0.3 is 13.9 Å². The third-order valence-electron chi connectivity index (χ3n) is 3.83. The second-order valence-electron chi connectivity index (χ2n) is 5.96. The van der Waals surface area contributed by atoms with Crippen LogP contribution in [-0.4, -0.2) is 28.0 Å². The highest BCUT2D eigenvalue weighted by molar-refractivity contribution is 6.38. The Morgan fingerprint density at radius 2 is 1.85 bits per heavy atom. The van der Waals surface area contributed by atoms with E-state index in [1.807, 2.05) is 19.9 Å². The molecule has 0 atom stereocenters. The van der Waals surface area contributed by atoms with E-state index in [1.54, 1.807) is 23.1 Å². The second-order valence-corrected chi connectivity index (χ2v) is 6.80. The highest BCUT2D eigenvalue weighted by atomic mass is 35.5. The number of halogens is 2. The standard InChI is InChI=1S/C18H21Cl2N3O3/c1-3-5-24-18(25-6-4-2,10-23-12-21-11-22-23)16-8-13-7-14(19)9-15(20)17(13)26-16/h7-9,11-12H,3-6,10H2,1-2H3. The molecule has 6 nitrogen and oxygen atoms in total. The van der Waals surface area contributed by atoms with E-state index in [-0.39, 0.29) is 0 Å². The SMILES string of the molecule is CCCOC(Cn1cncn1)(OCCC)c1cc2cc(Cl)cc(Cl)c2o1. The molecule has 0 unspecified atom stereocenters. The molecule has 0 radical (unpaired) electrons. The Morgan fingerprint density at radius 1 is 1.12 bits per heavy atom. The molecule has 1 aromatic carbocycles. The monoisotopic (exact) mass is 397 g/mol. The predicted molar refractivity (Wildman–Crippen MR) is 100 cm³/mol. The summed E-state index contributed by atoms with van der Waals surface area (Å²) in [6, 6.07) is 5.31. The Morgan fingerprint density at radius 3 is 2.46 bits per heavy atom. The average Bonchev–Trinajstić information content (AvgIpc) is 3.27. The molecule has 0 spiro atoms. The largest absolute Gasteiger partial charge is 0.454 e. The number of nitrogens with zero attached hydrogens (tertiary/aromatic N) is 3. The van der Waals surface area contributed by atoms with Crippen molar-refractivity contribution < 1.29 is 13.9 Å². The fourth-order valence-corrected chi connectivity index (χ4v) is 3.23. The zero-order valence-corrected chi connectivity index (χ0v) is 16.3. The summed E-state index contributed by atoms with van der Waals surface area (Å²) in [6.45, 7) is 5.39. The minimum absolute atomic E-state index is 0.304. The van der Waals surface area contributed by atoms with Gasteiger partial charge >= 0.3 is 0 Å². The van der Waals surface area contributed by atoms with Gasteiger partial charge in [0.15, 0.2) is 11.3 Å². The van der Waals surface area contributed by atoms with Crippen LogP contribution in [0, 0.1) is 0 Å². The molecular formula is C18H21Cl2N3O3. The smallest absolute Gasteiger partial charge is 0.248 e. The Hall–Kier alpha value is -1.60. The van der Waals surface area contributed by atoms with Crippen LogP contribution in [0.1, 0.15) is 32.4 Å². The molecule has 2 aromatic heterocycles. The second kappa shape index (κ2) is 8.39. The quantitative estimate of drug-likeness (QED) is 0.473. The third-order valence-corrected chi connectivity index (χ3v) is 4.33. The molecule has 26 heavy (non-hydrogen) atoms. The zero-order valence-electron chi connectivity index (χ0n) is 14.7. The number of aromatic nitrogens is 3. The van der Waals surface area contributed by atoms with E-state index in [4.69, 9.17) is 37.1 Å². The highest BCUT2D eigenvalue weighted by Gasteiger charge is 2.39. The first-order valence-corrected chi connectivity index (χ1v) is 9.33. The fraction of sp³-hybridized carbons (Fsp3) is 0.444. The molecule has 0 saturated carbocycles. The number of hydrogen-bond donors (Lipinski definition) is 0. The molecule has 0 saturated heterocycles. The Balaban J connectivity index is 2.09. The van der Waals surface area contributed by atoms with Crippen molar-refractivity contribution in [2.75, 3.05) is 13.2 Å². The van der Waals surface area contributed by atoms with Crippen molar-refractivity contribution in [1.82, 2.24) is 14.8 Å². The highest BCUT2D eigenvalue weighted by Crippen LogP contribution is 2.37. The molecule has 3 aromatic rings. The van der Waals surface area contributed by atoms with Gasteiger partial charge in [-0.25, -0.2) is 9.67 Å². The number of benzene rings is 1. The van der Waals surface area contributed by atoms with Crippen molar-refractivity contribution >= 4 is 34.2 Å². The van der Waals surface area contributed by atoms with Crippen LogP contribution in [0.5, 0.6) is 0 Å². The lowest BCUT2D eigenvalue weighted by molar-refractivity contribution is -0.265. The first-order chi connectivity index (χ1) is 12.6. The van der Waals surface area contributed by atoms with Crippen LogP contribution in [0.25, 0.3) is 11.0 Å². The van der Waals surface area contributed by atoms with Gasteiger partial charge in [-0.2, -0.15) is 5.10 Å². The van der Waals surface area contributed by atoms with E-state index < -0.39 is 5.79 Å². The van der Waals surface area contributed by atoms with Crippen molar-refractivity contribution in [3.8, 4) is 0 Å². The van der Waals surface area contributed by atoms with E-state index in [0.29, 0.717) is 41.1 Å². The summed E-state index contributed by atoms with van der Waals surface area (Å²) >= 11 is 12.4. The van der Waals surface area contributed by atoms with Gasteiger partial charge in [0.05, 0.1) is 18.2 Å². The number of hydrogen-bond acceptors (Lipinski definition) is 5. The van der Waals surface area contributed by atoms with Crippen LogP contribution < -0.4 is 0 Å². The molecule has 0 N–H and O–H groups in total. The first-order valence-electron chi connectivity index (χ1n) is 8.57. The maximum Gasteiger partial charge on any atom is 0.248 e. The van der Waals surface area contributed by atoms with Gasteiger partial charge in [0, 0.05) is 10.4 Å². The third kappa shape index (κ3) is 4.04. The summed E-state index contributed by atoms with van der Waals surface area (Å²) < 4.78 is 20.0. The number of fused-ring (bicyclic) bond motifs is 1. The lowest BCUT2D eigenvalue weighted by Crippen LogP contribution is -2.38. The minimum atomic E-state index is -1.13. The van der Waals surface area contributed by atoms with Crippen LogP contribution >= 0.6 is 23.2 Å². The molecule has 0 aliphatic heterocycles. The number of ether oxygens (including phenoxy) is 2. The molecule has 8 heteroatoms. The zero-order chi connectivity index (χ0) is 18.6. The van der Waals surface area contributed by atoms with E-state index in [1.165, 1.54) is 6.33 Å². The van der Waals surface area contributed by atoms with Gasteiger partial charge in [-0.3, -0.25) is 0 Å². The fourth-order valence-electron chi connectivity index (χ4n) is 2.68. The van der Waals surface area contributed by atoms with E-state index in [0.717, 1.165) is 18.2 Å². The van der Waals surface area contributed by atoms with E-state index in [2.05, 4.69) is 10.1 Å². The van der Waals surface area contributed by atoms with Crippen LogP contribution in [0.15, 0.2) is 35.3 Å². The van der Waals surface area contributed by atoms with Crippen LogP contribution in [-0.2, 0) is 21.8 Å². The van der Waals surface area contributed by atoms with E-state index >= 15 is 0 Å². The Labute approximate surface area is 162 Å². The number of rotatable bonds is 9. The summed E-state index contributed by atoms with van der Waals surface area (Å²) in [6.07, 6.45) is 4.76. The summed E-state index contributed by atoms with van der Waals surface area (Å²) in [4.78, 5) is 4.00. The summed E-state index contributed by atoms with van der Waals surface area (Å²) in [7, 11) is 0. The summed E-state index contributed by atoms with van der Waals surface area (Å²) in [5.74, 6) is -0.608. The predicted octanol–water partition coefficient (Wildman–Crippen LogP) is 5.04. The van der Waals surface area contributed by atoms with Gasteiger partial charge in [0.1, 0.15) is 19.2 Å². The summed E-state index contributed by atoms with van der Waals surface area (Å²) in [5.41, 5.74) is 0.550. The number of furan rings is 1. The summed E-state index contributed by atoms with van der Waals surface area (Å²) in [5, 5.41) is 5.96. The van der Waals surface area contributed by atoms with Crippen LogP contribution in [0.3, 0.4) is 0 Å². The molecule has 140 valence electrons. The van der Waals surface area contributed by atoms with E-state index in [9.17, 15) is 0 Å². The molecule has 0 amide bonds. The van der Waals surface area contributed by atoms with Crippen molar-refractivity contribution in [3.63, 3.8) is 0 Å². The van der Waals surface area contributed by atoms with Crippen LogP contribution in [0.4, 0.5) is 0 Å². The average molecular weight is 398 g/mol. The van der Waals surface area contributed by atoms with Crippen LogP contribution in [0.2, 0.25) is 10.0 Å². The topological polar surface area (TPSA) is 62.3 Å². The van der Waals surface area contributed by atoms with Crippen molar-refractivity contribution in [1.29, 1.82) is 0 Å². The van der Waals surface area contributed by atoms with Crippen molar-refractivity contribution in [3.05, 3.63) is 46.7 Å². The molecule has 3 rings (SSSR count). The van der Waals surface area contributed by atoms with Gasteiger partial charge in [-0.15, -0.1) is 0 Å². The molecule has 2 heterocycles. The van der Waals surface area contributed by atoms with Gasteiger partial charge in [-0.05, 0) is 31.0 Å². The minimum Gasteiger partial charge on any atom is -0.454 e. The van der Waals surface area contributed by atoms with Gasteiger partial charge in [0.2, 0.25) is 5.79 Å². The maximum atomic E-state index is 6.29. The molecule has 0 aliphatic rings. The van der Waals surface area contributed by atoms with Gasteiger partial charge in [0.25, 0.3) is 0 Å². The Kier molecular flexibility index (Phi) is 6.19. The first kappa shape index (κ1) is 19.2. The lowest BCUT2D eigenvalue weighted by atomic mass is 10.1. The molecule has 0 aliphatic carbocycles.